The molecule has 0 fully saturated rings. The average Bonchev–Trinajstić information content (AvgIpc) is 0.918. The molecular formula is CH5NOSr. The predicted molar refractivity (Wildman–Crippen MR) is 18.8 cm³/mol. The van der Waals surface area contributed by atoms with Gasteiger partial charge in [0.1, 0.15) is 0 Å². The Kier molecular flexibility index (Phi) is 20.1. The van der Waals surface area contributed by atoms with Crippen LogP contribution >= 0.6 is 0 Å². The quantitative estimate of drug-likeness (QED) is 0.308. The van der Waals surface area contributed by atoms with E-state index in [1.807, 2.05) is 0 Å². The van der Waals surface area contributed by atoms with Crippen molar-refractivity contribution in [1.82, 2.24) is 0 Å². The molecule has 3 heteroatoms. The molecule has 0 aromatic carbocycles. The number of carbonyl (C=O) groups excluding carboxylic acids is 1. The summed E-state index contributed by atoms with van der Waals surface area (Å²) in [7, 11) is 0. The van der Waals surface area contributed by atoms with Gasteiger partial charge in [-0.2, -0.15) is 0 Å². The summed E-state index contributed by atoms with van der Waals surface area (Å²) in [5.74, 6) is 0. The van der Waals surface area contributed by atoms with Gasteiger partial charge in [-0.1, -0.05) is 0 Å². The fraction of sp³-hybridized carbons (Fsp3) is 0. The van der Waals surface area contributed by atoms with Crippen molar-refractivity contribution in [2.24, 2.45) is 5.73 Å². The molecule has 0 saturated carbocycles. The Labute approximate surface area is 61.6 Å². The van der Waals surface area contributed by atoms with E-state index in [1.165, 1.54) is 0 Å². The van der Waals surface area contributed by atoms with Crippen LogP contribution in [0, 0.1) is 0 Å². The second-order valence-corrected chi connectivity index (χ2v) is 0.136. The summed E-state index contributed by atoms with van der Waals surface area (Å²) in [6, 6.07) is 0. The monoisotopic (exact) mass is 135 g/mol. The Bertz CT molecular complexity index is 15.5. The molecule has 1 amide bonds. The Morgan fingerprint density at radius 1 is 1.75 bits per heavy atom. The van der Waals surface area contributed by atoms with Crippen molar-refractivity contribution < 1.29 is 4.79 Å². The summed E-state index contributed by atoms with van der Waals surface area (Å²) in [6.45, 7) is 0. The first-order chi connectivity index (χ1) is 1.41. The second kappa shape index (κ2) is 9.04. The zero-order chi connectivity index (χ0) is 2.71. The van der Waals surface area contributed by atoms with Gasteiger partial charge in [0, 0.05) is 0 Å². The van der Waals surface area contributed by atoms with Crippen LogP contribution in [-0.4, -0.2) is 51.9 Å². The van der Waals surface area contributed by atoms with Gasteiger partial charge in [0.05, 0.1) is 0 Å². The molecule has 0 aliphatic carbocycles. The molecule has 0 spiro atoms. The van der Waals surface area contributed by atoms with Crippen molar-refractivity contribution in [3.8, 4) is 0 Å². The topological polar surface area (TPSA) is 43.1 Å². The van der Waals surface area contributed by atoms with Crippen LogP contribution in [0.5, 0.6) is 0 Å². The van der Waals surface area contributed by atoms with Crippen LogP contribution in [-0.2, 0) is 4.79 Å². The zero-order valence-corrected chi connectivity index (χ0v) is 1.56. The zero-order valence-electron chi connectivity index (χ0n) is 1.56. The van der Waals surface area contributed by atoms with Crippen molar-refractivity contribution in [2.45, 2.75) is 0 Å². The van der Waals surface area contributed by atoms with Crippen LogP contribution < -0.4 is 5.73 Å². The van der Waals surface area contributed by atoms with Crippen molar-refractivity contribution in [1.29, 1.82) is 0 Å². The second-order valence-electron chi connectivity index (χ2n) is 0.136. The van der Waals surface area contributed by atoms with Crippen LogP contribution in [0.15, 0.2) is 0 Å². The number of nitrogens with two attached hydrogens (primary N) is 1. The minimum atomic E-state index is 0. The van der Waals surface area contributed by atoms with Crippen LogP contribution in [0.1, 0.15) is 0 Å². The molecule has 4 heavy (non-hydrogen) atoms. The fourth-order valence-corrected chi connectivity index (χ4v) is 0. The Morgan fingerprint density at radius 3 is 1.75 bits per heavy atom. The molecule has 0 aliphatic rings. The molecule has 2 N–H and O–H groups in total. The van der Waals surface area contributed by atoms with Crippen LogP contribution in [0.4, 0.5) is 0 Å². The first-order valence-electron chi connectivity index (χ1n) is 0.569. The predicted octanol–water partition coefficient (Wildman–Crippen LogP) is -1.81. The number of hydrogen-bond donors (Lipinski definition) is 1. The number of carbonyl (C=O) groups is 1. The van der Waals surface area contributed by atoms with Gasteiger partial charge in [0.2, 0.25) is 6.41 Å². The van der Waals surface area contributed by atoms with Gasteiger partial charge in [-0.25, -0.2) is 0 Å². The molecular weight excluding hydrogens is 130 g/mol. The summed E-state index contributed by atoms with van der Waals surface area (Å²) >= 11 is 0. The van der Waals surface area contributed by atoms with Crippen molar-refractivity contribution in [2.75, 3.05) is 0 Å². The van der Waals surface area contributed by atoms with Gasteiger partial charge in [-0.05, 0) is 0 Å². The third kappa shape index (κ3) is 12.4. The minimum absolute atomic E-state index is 0. The Hall–Kier alpha value is 0.951. The molecule has 0 aliphatic heterocycles. The van der Waals surface area contributed by atoms with Gasteiger partial charge in [0.15, 0.2) is 0 Å². The number of amides is 1. The van der Waals surface area contributed by atoms with E-state index in [0.717, 1.165) is 0 Å². The van der Waals surface area contributed by atoms with Gasteiger partial charge >= 0.3 is 45.5 Å². The van der Waals surface area contributed by atoms with E-state index < -0.39 is 0 Å². The number of rotatable bonds is 0. The summed E-state index contributed by atoms with van der Waals surface area (Å²) in [4.78, 5) is 8.58. The van der Waals surface area contributed by atoms with Gasteiger partial charge in [-0.15, -0.1) is 0 Å². The third-order valence-corrected chi connectivity index (χ3v) is 0. The molecule has 0 heterocycles. The summed E-state index contributed by atoms with van der Waals surface area (Å²) < 4.78 is 0. The molecule has 0 atom stereocenters. The van der Waals surface area contributed by atoms with Crippen LogP contribution in [0.25, 0.3) is 0 Å². The molecule has 0 radical (unpaired) electrons. The van der Waals surface area contributed by atoms with Crippen molar-refractivity contribution in [3.05, 3.63) is 0 Å². The van der Waals surface area contributed by atoms with E-state index in [0.29, 0.717) is 0 Å². The van der Waals surface area contributed by atoms with E-state index in [9.17, 15) is 0 Å². The molecule has 0 rings (SSSR count). The van der Waals surface area contributed by atoms with E-state index in [1.54, 1.807) is 0 Å². The number of primary amides is 1. The van der Waals surface area contributed by atoms with Crippen LogP contribution in [0.3, 0.4) is 0 Å². The maximum atomic E-state index is 8.58. The van der Waals surface area contributed by atoms with Crippen molar-refractivity contribution in [3.63, 3.8) is 0 Å². The average molecular weight is 135 g/mol. The van der Waals surface area contributed by atoms with Gasteiger partial charge in [0.25, 0.3) is 0 Å². The van der Waals surface area contributed by atoms with Crippen molar-refractivity contribution >= 4 is 51.9 Å². The molecule has 0 saturated heterocycles. The molecule has 0 bridgehead atoms. The first kappa shape index (κ1) is 8.87. The maximum absolute atomic E-state index is 8.58. The first-order valence-corrected chi connectivity index (χ1v) is 0.569. The van der Waals surface area contributed by atoms with Gasteiger partial charge < -0.3 is 5.73 Å². The van der Waals surface area contributed by atoms with E-state index in [4.69, 9.17) is 4.79 Å². The SMILES string of the molecule is NC=O.[SrH2]. The Balaban J connectivity index is 0. The third-order valence-electron chi connectivity index (χ3n) is 0. The Morgan fingerprint density at radius 2 is 1.75 bits per heavy atom. The standard InChI is InChI=1S/CH3NO.Sr.2H/c2-1-3;;;/h1H,(H2,2,3);;;. The normalized spacial score (nSPS) is 3.00. The molecule has 0 aromatic heterocycles. The summed E-state index contributed by atoms with van der Waals surface area (Å²) in [5, 5.41) is 0. The molecule has 0 unspecified atom stereocenters. The number of hydrogen-bond acceptors (Lipinski definition) is 1. The van der Waals surface area contributed by atoms with E-state index >= 15 is 0 Å². The van der Waals surface area contributed by atoms with Crippen LogP contribution in [0.2, 0.25) is 0 Å². The van der Waals surface area contributed by atoms with E-state index in [-0.39, 0.29) is 51.9 Å². The fourth-order valence-electron chi connectivity index (χ4n) is 0. The molecule has 22 valence electrons. The summed E-state index contributed by atoms with van der Waals surface area (Å²) in [6.07, 6.45) is 0.250. The van der Waals surface area contributed by atoms with E-state index in [2.05, 4.69) is 5.73 Å². The summed E-state index contributed by atoms with van der Waals surface area (Å²) in [5.41, 5.74) is 4.17. The molecule has 2 nitrogen and oxygen atoms in total. The van der Waals surface area contributed by atoms with Gasteiger partial charge in [-0.3, -0.25) is 4.79 Å². The molecule has 0 aromatic rings.